The molecule has 6 nitrogen and oxygen atoms in total. The van der Waals surface area contributed by atoms with Crippen molar-refractivity contribution in [1.29, 1.82) is 0 Å². The van der Waals surface area contributed by atoms with Crippen LogP contribution in [0.25, 0.3) is 5.65 Å². The maximum atomic E-state index is 11.8. The van der Waals surface area contributed by atoms with Gasteiger partial charge in [0, 0.05) is 35.7 Å². The van der Waals surface area contributed by atoms with Gasteiger partial charge in [-0.25, -0.2) is 14.3 Å². The average Bonchev–Trinajstić information content (AvgIpc) is 2.93. The molecule has 0 saturated carbocycles. The van der Waals surface area contributed by atoms with Gasteiger partial charge in [0.15, 0.2) is 5.65 Å². The average molecular weight is 344 g/mol. The number of fused-ring (bicyclic) bond motifs is 1. The number of nitrogens with one attached hydrogen (secondary N) is 2. The molecule has 124 valence electrons. The van der Waals surface area contributed by atoms with Crippen LogP contribution in [0.1, 0.15) is 17.7 Å². The number of hydrogen-bond acceptors (Lipinski definition) is 3. The second-order valence-electron chi connectivity index (χ2n) is 5.54. The summed E-state index contributed by atoms with van der Waals surface area (Å²) in [5.74, 6) is 0. The molecule has 3 rings (SSSR count). The van der Waals surface area contributed by atoms with Gasteiger partial charge in [-0.1, -0.05) is 11.6 Å². The number of rotatable bonds is 5. The van der Waals surface area contributed by atoms with E-state index in [1.165, 1.54) is 0 Å². The van der Waals surface area contributed by atoms with Crippen LogP contribution in [0.3, 0.4) is 0 Å². The van der Waals surface area contributed by atoms with E-state index in [9.17, 15) is 4.79 Å². The maximum absolute atomic E-state index is 11.8. The number of benzene rings is 1. The topological polar surface area (TPSA) is 71.3 Å². The molecule has 7 heteroatoms. The zero-order chi connectivity index (χ0) is 16.9. The molecule has 0 aliphatic heterocycles. The van der Waals surface area contributed by atoms with Crippen molar-refractivity contribution in [3.63, 3.8) is 0 Å². The van der Waals surface area contributed by atoms with E-state index >= 15 is 0 Å². The number of carbonyl (C=O) groups is 1. The van der Waals surface area contributed by atoms with Crippen molar-refractivity contribution < 1.29 is 4.79 Å². The minimum atomic E-state index is -0.228. The second-order valence-corrected chi connectivity index (χ2v) is 5.98. The van der Waals surface area contributed by atoms with E-state index in [4.69, 9.17) is 11.6 Å². The van der Waals surface area contributed by atoms with Gasteiger partial charge in [0.2, 0.25) is 0 Å². The molecule has 2 aromatic heterocycles. The van der Waals surface area contributed by atoms with Gasteiger partial charge in [-0.3, -0.25) is 0 Å². The molecular formula is C17H18ClN5O. The Kier molecular flexibility index (Phi) is 4.96. The van der Waals surface area contributed by atoms with E-state index in [-0.39, 0.29) is 6.03 Å². The molecule has 0 spiro atoms. The van der Waals surface area contributed by atoms with Gasteiger partial charge < -0.3 is 10.6 Å². The summed E-state index contributed by atoms with van der Waals surface area (Å²) in [5, 5.41) is 10.6. The first-order valence-corrected chi connectivity index (χ1v) is 8.09. The van der Waals surface area contributed by atoms with E-state index in [1.54, 1.807) is 28.8 Å². The Balaban J connectivity index is 1.43. The molecule has 0 atom stereocenters. The summed E-state index contributed by atoms with van der Waals surface area (Å²) in [6.45, 7) is 2.52. The lowest BCUT2D eigenvalue weighted by Crippen LogP contribution is -2.29. The Labute approximate surface area is 144 Å². The predicted octanol–water partition coefficient (Wildman–Crippen LogP) is 3.45. The lowest BCUT2D eigenvalue weighted by atomic mass is 10.2. The molecule has 0 radical (unpaired) electrons. The summed E-state index contributed by atoms with van der Waals surface area (Å²) < 4.78 is 1.78. The smallest absolute Gasteiger partial charge is 0.319 e. The van der Waals surface area contributed by atoms with Gasteiger partial charge in [-0.15, -0.1) is 0 Å². The lowest BCUT2D eigenvalue weighted by Gasteiger charge is -2.07. The van der Waals surface area contributed by atoms with Crippen molar-refractivity contribution in [3.05, 3.63) is 59.0 Å². The van der Waals surface area contributed by atoms with Crippen LogP contribution >= 0.6 is 11.6 Å². The minimum absolute atomic E-state index is 0.228. The van der Waals surface area contributed by atoms with Gasteiger partial charge >= 0.3 is 6.03 Å². The first-order valence-electron chi connectivity index (χ1n) is 7.71. The molecule has 2 N–H and O–H groups in total. The third-order valence-electron chi connectivity index (χ3n) is 3.52. The fourth-order valence-electron chi connectivity index (χ4n) is 2.37. The Morgan fingerprint density at radius 1 is 1.29 bits per heavy atom. The summed E-state index contributed by atoms with van der Waals surface area (Å²) in [5.41, 5.74) is 3.59. The third kappa shape index (κ3) is 4.23. The van der Waals surface area contributed by atoms with Gasteiger partial charge in [-0.2, -0.15) is 5.10 Å². The lowest BCUT2D eigenvalue weighted by molar-refractivity contribution is 0.252. The highest BCUT2D eigenvalue weighted by molar-refractivity contribution is 6.30. The molecule has 1 aromatic carbocycles. The van der Waals surface area contributed by atoms with Gasteiger partial charge in [0.05, 0.1) is 5.69 Å². The number of hydrogen-bond donors (Lipinski definition) is 2. The van der Waals surface area contributed by atoms with E-state index in [0.29, 0.717) is 17.3 Å². The van der Waals surface area contributed by atoms with Crippen LogP contribution < -0.4 is 10.6 Å². The van der Waals surface area contributed by atoms with Crippen LogP contribution in [0.5, 0.6) is 0 Å². The number of urea groups is 1. The molecule has 2 heterocycles. The number of anilines is 1. The van der Waals surface area contributed by atoms with Gasteiger partial charge in [0.25, 0.3) is 0 Å². The fraction of sp³-hybridized carbons (Fsp3) is 0.235. The zero-order valence-corrected chi connectivity index (χ0v) is 14.0. The molecule has 0 aliphatic rings. The maximum Gasteiger partial charge on any atom is 0.319 e. The van der Waals surface area contributed by atoms with Crippen LogP contribution in [0.4, 0.5) is 10.5 Å². The van der Waals surface area contributed by atoms with E-state index < -0.39 is 0 Å². The summed E-state index contributed by atoms with van der Waals surface area (Å²) in [4.78, 5) is 16.2. The molecule has 0 bridgehead atoms. The van der Waals surface area contributed by atoms with Crippen LogP contribution in [0, 0.1) is 6.92 Å². The third-order valence-corrected chi connectivity index (χ3v) is 3.77. The van der Waals surface area contributed by atoms with Crippen LogP contribution in [0.15, 0.2) is 42.7 Å². The Morgan fingerprint density at radius 3 is 2.88 bits per heavy atom. The number of amides is 2. The predicted molar refractivity (Wildman–Crippen MR) is 94.5 cm³/mol. The summed E-state index contributed by atoms with van der Waals surface area (Å²) in [6, 6.07) is 8.69. The largest absolute Gasteiger partial charge is 0.338 e. The summed E-state index contributed by atoms with van der Waals surface area (Å²) in [6.07, 6.45) is 5.47. The van der Waals surface area contributed by atoms with Crippen molar-refractivity contribution >= 4 is 29.0 Å². The summed E-state index contributed by atoms with van der Waals surface area (Å²) >= 11 is 5.81. The normalized spacial score (nSPS) is 10.8. The molecular weight excluding hydrogens is 326 g/mol. The minimum Gasteiger partial charge on any atom is -0.338 e. The van der Waals surface area contributed by atoms with Crippen molar-refractivity contribution in [2.24, 2.45) is 0 Å². The van der Waals surface area contributed by atoms with Crippen molar-refractivity contribution in [1.82, 2.24) is 19.9 Å². The Bertz CT molecular complexity index is 844. The first-order chi connectivity index (χ1) is 11.6. The second kappa shape index (κ2) is 7.31. The molecule has 0 unspecified atom stereocenters. The fourth-order valence-corrected chi connectivity index (χ4v) is 2.49. The van der Waals surface area contributed by atoms with E-state index in [1.807, 2.05) is 25.4 Å². The molecule has 24 heavy (non-hydrogen) atoms. The molecule has 2 amide bonds. The van der Waals surface area contributed by atoms with Crippen molar-refractivity contribution in [2.75, 3.05) is 11.9 Å². The molecule has 0 saturated heterocycles. The highest BCUT2D eigenvalue weighted by atomic mass is 35.5. The zero-order valence-electron chi connectivity index (χ0n) is 13.3. The molecule has 0 aliphatic carbocycles. The number of aromatic nitrogens is 3. The van der Waals surface area contributed by atoms with E-state index in [2.05, 4.69) is 20.7 Å². The Hall–Kier alpha value is -2.60. The first kappa shape index (κ1) is 16.3. The van der Waals surface area contributed by atoms with Crippen LogP contribution in [-0.2, 0) is 6.42 Å². The number of carbonyl (C=O) groups excluding carboxylic acids is 1. The van der Waals surface area contributed by atoms with E-state index in [0.717, 1.165) is 29.7 Å². The standard InChI is InChI=1S/C17H18ClN5O/c1-12-9-16-20-10-13(11-23(16)22-12)3-2-8-19-17(24)21-15-6-4-14(18)5-7-15/h4-7,9-11H,2-3,8H2,1H3,(H2,19,21,24). The quantitative estimate of drug-likeness (QED) is 0.697. The van der Waals surface area contributed by atoms with Crippen molar-refractivity contribution in [3.8, 4) is 0 Å². The summed E-state index contributed by atoms with van der Waals surface area (Å²) in [7, 11) is 0. The van der Waals surface area contributed by atoms with Gasteiger partial charge in [0.1, 0.15) is 0 Å². The van der Waals surface area contributed by atoms with Crippen molar-refractivity contribution in [2.45, 2.75) is 19.8 Å². The SMILES string of the molecule is Cc1cc2ncc(CCCNC(=O)Nc3ccc(Cl)cc3)cn2n1. The highest BCUT2D eigenvalue weighted by Gasteiger charge is 2.03. The number of halogens is 1. The van der Waals surface area contributed by atoms with Gasteiger partial charge in [-0.05, 0) is 49.6 Å². The highest BCUT2D eigenvalue weighted by Crippen LogP contribution is 2.13. The monoisotopic (exact) mass is 343 g/mol. The Morgan fingerprint density at radius 2 is 2.08 bits per heavy atom. The molecule has 0 fully saturated rings. The van der Waals surface area contributed by atoms with Crippen LogP contribution in [-0.4, -0.2) is 27.2 Å². The number of aryl methyl sites for hydroxylation is 2. The molecule has 3 aromatic rings. The number of nitrogens with zero attached hydrogens (tertiary/aromatic N) is 3. The van der Waals surface area contributed by atoms with Crippen LogP contribution in [0.2, 0.25) is 5.02 Å².